The molecule has 4 rings (SSSR count). The molecule has 0 saturated carbocycles. The Morgan fingerprint density at radius 3 is 2.56 bits per heavy atom. The van der Waals surface area contributed by atoms with Gasteiger partial charge in [0.1, 0.15) is 11.5 Å². The molecule has 0 aliphatic rings. The van der Waals surface area contributed by atoms with Crippen molar-refractivity contribution in [3.63, 3.8) is 0 Å². The van der Waals surface area contributed by atoms with Crippen molar-refractivity contribution < 1.29 is 9.15 Å². The van der Waals surface area contributed by atoms with Crippen LogP contribution in [0.4, 0.5) is 0 Å². The molecule has 0 aliphatic carbocycles. The number of ether oxygens (including phenoxy) is 1. The Labute approximate surface area is 146 Å². The van der Waals surface area contributed by atoms with E-state index in [1.54, 1.807) is 12.5 Å². The third-order valence-electron chi connectivity index (χ3n) is 4.11. The highest BCUT2D eigenvalue weighted by Crippen LogP contribution is 2.30. The zero-order chi connectivity index (χ0) is 16.9. The van der Waals surface area contributed by atoms with E-state index in [0.29, 0.717) is 0 Å². The molecule has 1 N–H and O–H groups in total. The van der Waals surface area contributed by atoms with Gasteiger partial charge in [0.05, 0.1) is 12.5 Å². The van der Waals surface area contributed by atoms with Crippen LogP contribution in [0.25, 0.3) is 10.8 Å². The third kappa shape index (κ3) is 3.73. The minimum Gasteiger partial charge on any atom is -0.472 e. The van der Waals surface area contributed by atoms with Crippen molar-refractivity contribution in [2.24, 2.45) is 0 Å². The number of hydrogen-bond acceptors (Lipinski definition) is 3. The summed E-state index contributed by atoms with van der Waals surface area (Å²) < 4.78 is 11.2. The van der Waals surface area contributed by atoms with Gasteiger partial charge in [-0.25, -0.2) is 0 Å². The lowest BCUT2D eigenvalue weighted by molar-refractivity contribution is 0.487. The van der Waals surface area contributed by atoms with Crippen LogP contribution in [0.15, 0.2) is 89.7 Å². The lowest BCUT2D eigenvalue weighted by atomic mass is 10.1. The first kappa shape index (κ1) is 15.5. The van der Waals surface area contributed by atoms with Crippen molar-refractivity contribution >= 4 is 10.8 Å². The quantitative estimate of drug-likeness (QED) is 0.506. The molecule has 0 bridgehead atoms. The molecule has 124 valence electrons. The molecule has 0 saturated heterocycles. The Bertz CT molecular complexity index is 955. The molecule has 0 spiro atoms. The molecule has 0 amide bonds. The van der Waals surface area contributed by atoms with Gasteiger partial charge in [-0.05, 0) is 35.2 Å². The van der Waals surface area contributed by atoms with Gasteiger partial charge >= 0.3 is 0 Å². The Morgan fingerprint density at radius 2 is 1.64 bits per heavy atom. The number of benzene rings is 3. The predicted molar refractivity (Wildman–Crippen MR) is 99.7 cm³/mol. The number of rotatable bonds is 6. The summed E-state index contributed by atoms with van der Waals surface area (Å²) in [7, 11) is 0. The standard InChI is InChI=1S/C22H19NO2/c1-2-9-21-19(6-1)7-4-10-22(21)25-20-8-3-5-17(13-20)14-23-15-18-11-12-24-16-18/h1-13,16,23H,14-15H2. The van der Waals surface area contributed by atoms with Crippen LogP contribution in [0.5, 0.6) is 11.5 Å². The van der Waals surface area contributed by atoms with Crippen LogP contribution in [0.3, 0.4) is 0 Å². The number of furan rings is 1. The lowest BCUT2D eigenvalue weighted by Gasteiger charge is -2.10. The summed E-state index contributed by atoms with van der Waals surface area (Å²) in [6.07, 6.45) is 3.45. The molecule has 0 unspecified atom stereocenters. The molecule has 4 aromatic rings. The van der Waals surface area contributed by atoms with Crippen molar-refractivity contribution in [3.05, 3.63) is 96.4 Å². The molecule has 0 aliphatic heterocycles. The summed E-state index contributed by atoms with van der Waals surface area (Å²) in [5, 5.41) is 5.71. The minimum atomic E-state index is 0.776. The molecule has 1 aromatic heterocycles. The summed E-state index contributed by atoms with van der Waals surface area (Å²) in [5.74, 6) is 1.72. The van der Waals surface area contributed by atoms with Crippen molar-refractivity contribution in [1.29, 1.82) is 0 Å². The second-order valence-electron chi connectivity index (χ2n) is 5.96. The third-order valence-corrected chi connectivity index (χ3v) is 4.11. The maximum absolute atomic E-state index is 6.14. The molecular weight excluding hydrogens is 310 g/mol. The van der Waals surface area contributed by atoms with Gasteiger partial charge in [0.2, 0.25) is 0 Å². The van der Waals surface area contributed by atoms with Crippen LogP contribution >= 0.6 is 0 Å². The van der Waals surface area contributed by atoms with E-state index in [-0.39, 0.29) is 0 Å². The fraction of sp³-hybridized carbons (Fsp3) is 0.0909. The van der Waals surface area contributed by atoms with Crippen molar-refractivity contribution in [3.8, 4) is 11.5 Å². The van der Waals surface area contributed by atoms with Gasteiger partial charge in [0.15, 0.2) is 0 Å². The zero-order valence-corrected chi connectivity index (χ0v) is 13.8. The van der Waals surface area contributed by atoms with E-state index in [1.165, 1.54) is 10.9 Å². The second kappa shape index (κ2) is 7.24. The van der Waals surface area contributed by atoms with E-state index in [0.717, 1.165) is 35.5 Å². The van der Waals surface area contributed by atoms with Crippen LogP contribution in [0, 0.1) is 0 Å². The molecule has 0 fully saturated rings. The van der Waals surface area contributed by atoms with Crippen molar-refractivity contribution in [1.82, 2.24) is 5.32 Å². The van der Waals surface area contributed by atoms with E-state index < -0.39 is 0 Å². The van der Waals surface area contributed by atoms with Gasteiger partial charge in [-0.1, -0.05) is 48.5 Å². The summed E-state index contributed by atoms with van der Waals surface area (Å²) in [4.78, 5) is 0. The van der Waals surface area contributed by atoms with E-state index in [4.69, 9.17) is 9.15 Å². The van der Waals surface area contributed by atoms with Gasteiger partial charge < -0.3 is 14.5 Å². The maximum atomic E-state index is 6.14. The maximum Gasteiger partial charge on any atom is 0.135 e. The van der Waals surface area contributed by atoms with Crippen LogP contribution in [0.1, 0.15) is 11.1 Å². The van der Waals surface area contributed by atoms with Gasteiger partial charge in [-0.15, -0.1) is 0 Å². The Morgan fingerprint density at radius 1 is 0.800 bits per heavy atom. The highest BCUT2D eigenvalue weighted by Gasteiger charge is 2.04. The van der Waals surface area contributed by atoms with Crippen LogP contribution < -0.4 is 10.1 Å². The summed E-state index contributed by atoms with van der Waals surface area (Å²) in [6.45, 7) is 1.56. The van der Waals surface area contributed by atoms with E-state index in [2.05, 4.69) is 35.6 Å². The summed E-state index contributed by atoms with van der Waals surface area (Å²) >= 11 is 0. The topological polar surface area (TPSA) is 34.4 Å². The first-order valence-electron chi connectivity index (χ1n) is 8.35. The normalized spacial score (nSPS) is 10.9. The molecule has 0 atom stereocenters. The summed E-state index contributed by atoms with van der Waals surface area (Å²) in [5.41, 5.74) is 2.32. The first-order chi connectivity index (χ1) is 12.4. The Kier molecular flexibility index (Phi) is 4.49. The van der Waals surface area contributed by atoms with Crippen molar-refractivity contribution in [2.75, 3.05) is 0 Å². The number of hydrogen-bond donors (Lipinski definition) is 1. The largest absolute Gasteiger partial charge is 0.472 e. The van der Waals surface area contributed by atoms with Gasteiger partial charge in [-0.3, -0.25) is 0 Å². The molecule has 3 aromatic carbocycles. The van der Waals surface area contributed by atoms with E-state index >= 15 is 0 Å². The average molecular weight is 329 g/mol. The van der Waals surface area contributed by atoms with Gasteiger partial charge in [0, 0.05) is 24.0 Å². The monoisotopic (exact) mass is 329 g/mol. The molecule has 1 heterocycles. The highest BCUT2D eigenvalue weighted by atomic mass is 16.5. The number of nitrogens with one attached hydrogen (secondary N) is 1. The highest BCUT2D eigenvalue weighted by molar-refractivity contribution is 5.88. The lowest BCUT2D eigenvalue weighted by Crippen LogP contribution is -2.12. The fourth-order valence-electron chi connectivity index (χ4n) is 2.88. The smallest absolute Gasteiger partial charge is 0.135 e. The molecule has 25 heavy (non-hydrogen) atoms. The first-order valence-corrected chi connectivity index (χ1v) is 8.35. The minimum absolute atomic E-state index is 0.776. The predicted octanol–water partition coefficient (Wildman–Crippen LogP) is 5.51. The van der Waals surface area contributed by atoms with Crippen molar-refractivity contribution in [2.45, 2.75) is 13.1 Å². The molecule has 3 nitrogen and oxygen atoms in total. The van der Waals surface area contributed by atoms with Crippen LogP contribution in [0.2, 0.25) is 0 Å². The molecule has 0 radical (unpaired) electrons. The van der Waals surface area contributed by atoms with E-state index in [1.807, 2.05) is 42.5 Å². The Hall–Kier alpha value is -3.04. The second-order valence-corrected chi connectivity index (χ2v) is 5.96. The van der Waals surface area contributed by atoms with Gasteiger partial charge in [0.25, 0.3) is 0 Å². The number of fused-ring (bicyclic) bond motifs is 1. The average Bonchev–Trinajstić information content (AvgIpc) is 3.16. The summed E-state index contributed by atoms with van der Waals surface area (Å²) in [6, 6.07) is 24.5. The Balaban J connectivity index is 1.47. The fourth-order valence-corrected chi connectivity index (χ4v) is 2.88. The molecule has 3 heteroatoms. The van der Waals surface area contributed by atoms with Crippen LogP contribution in [-0.4, -0.2) is 0 Å². The van der Waals surface area contributed by atoms with E-state index in [9.17, 15) is 0 Å². The SMILES string of the molecule is c1cc(CNCc2ccoc2)cc(Oc2cccc3ccccc23)c1. The van der Waals surface area contributed by atoms with Gasteiger partial charge in [-0.2, -0.15) is 0 Å². The van der Waals surface area contributed by atoms with Crippen LogP contribution in [-0.2, 0) is 13.1 Å². The zero-order valence-electron chi connectivity index (χ0n) is 13.8. The molecular formula is C22H19NO2.